The van der Waals surface area contributed by atoms with Crippen LogP contribution in [0.2, 0.25) is 0 Å². The van der Waals surface area contributed by atoms with Gasteiger partial charge in [0.2, 0.25) is 0 Å². The summed E-state index contributed by atoms with van der Waals surface area (Å²) in [6.07, 6.45) is 75.0. The Kier molecular flexibility index (Phi) is 52.4. The number of carbonyl (C=O) groups is 3. The van der Waals surface area contributed by atoms with Gasteiger partial charge in [-0.05, 0) is 103 Å². The van der Waals surface area contributed by atoms with Crippen molar-refractivity contribution in [3.63, 3.8) is 0 Å². The average molecular weight is 943 g/mol. The van der Waals surface area contributed by atoms with Crippen LogP contribution in [-0.2, 0) is 28.6 Å². The first-order valence-electron chi connectivity index (χ1n) is 27.9. The third-order valence-corrected chi connectivity index (χ3v) is 11.5. The van der Waals surface area contributed by atoms with Crippen LogP contribution < -0.4 is 0 Å². The Morgan fingerprint density at radius 1 is 0.309 bits per heavy atom. The molecule has 0 radical (unpaired) electrons. The summed E-state index contributed by atoms with van der Waals surface area (Å²) in [5, 5.41) is 0. The third kappa shape index (κ3) is 53.0. The van der Waals surface area contributed by atoms with E-state index >= 15 is 0 Å². The lowest BCUT2D eigenvalue weighted by Crippen LogP contribution is -2.30. The van der Waals surface area contributed by atoms with Gasteiger partial charge in [0, 0.05) is 19.3 Å². The fraction of sp³-hybridized carbons (Fsp3) is 0.661. The van der Waals surface area contributed by atoms with Gasteiger partial charge in [-0.1, -0.05) is 233 Å². The van der Waals surface area contributed by atoms with Crippen molar-refractivity contribution in [3.05, 3.63) is 109 Å². The monoisotopic (exact) mass is 943 g/mol. The van der Waals surface area contributed by atoms with Crippen molar-refractivity contribution in [1.82, 2.24) is 0 Å². The highest BCUT2D eigenvalue weighted by Gasteiger charge is 2.19. The van der Waals surface area contributed by atoms with E-state index in [-0.39, 0.29) is 31.1 Å². The molecule has 0 aliphatic carbocycles. The number of ether oxygens (including phenoxy) is 3. The fourth-order valence-electron chi connectivity index (χ4n) is 7.40. The van der Waals surface area contributed by atoms with E-state index in [2.05, 4.69) is 130 Å². The Labute approximate surface area is 419 Å². The van der Waals surface area contributed by atoms with Crippen LogP contribution >= 0.6 is 0 Å². The minimum Gasteiger partial charge on any atom is -0.462 e. The van der Waals surface area contributed by atoms with Crippen LogP contribution in [0.3, 0.4) is 0 Å². The number of unbranched alkanes of at least 4 members (excludes halogenated alkanes) is 20. The molecule has 0 bridgehead atoms. The van der Waals surface area contributed by atoms with Gasteiger partial charge < -0.3 is 14.2 Å². The predicted molar refractivity (Wildman–Crippen MR) is 293 cm³/mol. The van der Waals surface area contributed by atoms with E-state index in [4.69, 9.17) is 14.2 Å². The van der Waals surface area contributed by atoms with E-state index in [1.807, 2.05) is 0 Å². The van der Waals surface area contributed by atoms with Gasteiger partial charge in [0.25, 0.3) is 0 Å². The van der Waals surface area contributed by atoms with Crippen molar-refractivity contribution < 1.29 is 28.6 Å². The van der Waals surface area contributed by atoms with Crippen molar-refractivity contribution in [2.45, 2.75) is 252 Å². The lowest BCUT2D eigenvalue weighted by atomic mass is 10.1. The average Bonchev–Trinajstić information content (AvgIpc) is 3.34. The SMILES string of the molecule is CC/C=C\C/C=C\C/C=C\C/C=C\C/C=C\CCCCCCCCCC(=O)OCC(COC(=O)CCCCCCCCCCCC)OC(=O)CCCCCC/C=C\C/C=C\C/C=C\C/C=C\CC. The third-order valence-electron chi connectivity index (χ3n) is 11.5. The molecule has 6 nitrogen and oxygen atoms in total. The molecule has 68 heavy (non-hydrogen) atoms. The maximum Gasteiger partial charge on any atom is 0.306 e. The minimum absolute atomic E-state index is 0.0917. The molecule has 0 aliphatic heterocycles. The van der Waals surface area contributed by atoms with E-state index in [1.54, 1.807) is 0 Å². The molecule has 0 aromatic rings. The van der Waals surface area contributed by atoms with E-state index in [0.717, 1.165) is 135 Å². The second-order valence-corrected chi connectivity index (χ2v) is 18.1. The Morgan fingerprint density at radius 3 is 0.897 bits per heavy atom. The lowest BCUT2D eigenvalue weighted by Gasteiger charge is -2.18. The summed E-state index contributed by atoms with van der Waals surface area (Å²) in [7, 11) is 0. The molecule has 386 valence electrons. The molecular formula is C62H102O6. The maximum atomic E-state index is 12.8. The Balaban J connectivity index is 4.38. The number of hydrogen-bond donors (Lipinski definition) is 0. The molecule has 0 saturated heterocycles. The smallest absolute Gasteiger partial charge is 0.306 e. The van der Waals surface area contributed by atoms with E-state index < -0.39 is 6.10 Å². The van der Waals surface area contributed by atoms with Crippen LogP contribution in [0, 0.1) is 0 Å². The summed E-state index contributed by atoms with van der Waals surface area (Å²) >= 11 is 0. The Morgan fingerprint density at radius 2 is 0.574 bits per heavy atom. The van der Waals surface area contributed by atoms with Crippen molar-refractivity contribution in [2.75, 3.05) is 13.2 Å². The highest BCUT2D eigenvalue weighted by atomic mass is 16.6. The van der Waals surface area contributed by atoms with Gasteiger partial charge in [0.1, 0.15) is 13.2 Å². The summed E-state index contributed by atoms with van der Waals surface area (Å²) in [4.78, 5) is 38.1. The van der Waals surface area contributed by atoms with Crippen LogP contribution in [0.1, 0.15) is 245 Å². The first kappa shape index (κ1) is 64.1. The van der Waals surface area contributed by atoms with Crippen LogP contribution in [0.5, 0.6) is 0 Å². The summed E-state index contributed by atoms with van der Waals surface area (Å²) in [5.74, 6) is -0.930. The molecule has 1 unspecified atom stereocenters. The van der Waals surface area contributed by atoms with Crippen LogP contribution in [0.4, 0.5) is 0 Å². The van der Waals surface area contributed by atoms with Gasteiger partial charge in [0.05, 0.1) is 0 Å². The molecule has 6 heteroatoms. The molecule has 0 heterocycles. The van der Waals surface area contributed by atoms with Gasteiger partial charge in [0.15, 0.2) is 6.10 Å². The first-order chi connectivity index (χ1) is 33.5. The van der Waals surface area contributed by atoms with Crippen LogP contribution in [0.15, 0.2) is 109 Å². The van der Waals surface area contributed by atoms with Crippen LogP contribution in [0.25, 0.3) is 0 Å². The molecule has 0 amide bonds. The summed E-state index contributed by atoms with van der Waals surface area (Å²) < 4.78 is 16.8. The number of rotatable bonds is 49. The number of allylic oxidation sites excluding steroid dienone is 18. The molecule has 0 rings (SSSR count). The summed E-state index contributed by atoms with van der Waals surface area (Å²) in [5.41, 5.74) is 0. The number of hydrogen-bond acceptors (Lipinski definition) is 6. The Bertz CT molecular complexity index is 1410. The molecule has 1 atom stereocenters. The molecule has 0 aliphatic rings. The second-order valence-electron chi connectivity index (χ2n) is 18.1. The molecule has 0 fully saturated rings. The zero-order valence-electron chi connectivity index (χ0n) is 44.1. The molecular weight excluding hydrogens is 841 g/mol. The Hall–Kier alpha value is -3.93. The van der Waals surface area contributed by atoms with Crippen molar-refractivity contribution in [2.24, 2.45) is 0 Å². The quantitative estimate of drug-likeness (QED) is 0.0262. The fourth-order valence-corrected chi connectivity index (χ4v) is 7.40. The largest absolute Gasteiger partial charge is 0.462 e. The molecule has 0 aromatic heterocycles. The highest BCUT2D eigenvalue weighted by molar-refractivity contribution is 5.71. The van der Waals surface area contributed by atoms with Crippen LogP contribution in [-0.4, -0.2) is 37.2 Å². The highest BCUT2D eigenvalue weighted by Crippen LogP contribution is 2.14. The minimum atomic E-state index is -0.795. The second kappa shape index (κ2) is 55.7. The van der Waals surface area contributed by atoms with Crippen molar-refractivity contribution in [3.8, 4) is 0 Å². The van der Waals surface area contributed by atoms with E-state index in [9.17, 15) is 14.4 Å². The van der Waals surface area contributed by atoms with Gasteiger partial charge in [-0.3, -0.25) is 14.4 Å². The van der Waals surface area contributed by atoms with E-state index in [1.165, 1.54) is 70.6 Å². The van der Waals surface area contributed by atoms with Gasteiger partial charge in [-0.15, -0.1) is 0 Å². The molecule has 0 saturated carbocycles. The van der Waals surface area contributed by atoms with Crippen molar-refractivity contribution in [1.29, 1.82) is 0 Å². The maximum absolute atomic E-state index is 12.8. The first-order valence-corrected chi connectivity index (χ1v) is 27.9. The zero-order chi connectivity index (χ0) is 49.3. The summed E-state index contributed by atoms with van der Waals surface area (Å²) in [6.45, 7) is 6.37. The van der Waals surface area contributed by atoms with Gasteiger partial charge >= 0.3 is 17.9 Å². The topological polar surface area (TPSA) is 78.9 Å². The lowest BCUT2D eigenvalue weighted by molar-refractivity contribution is -0.167. The molecule has 0 aromatic carbocycles. The molecule has 0 spiro atoms. The van der Waals surface area contributed by atoms with Crippen molar-refractivity contribution >= 4 is 17.9 Å². The normalized spacial score (nSPS) is 12.9. The predicted octanol–water partition coefficient (Wildman–Crippen LogP) is 18.7. The zero-order valence-corrected chi connectivity index (χ0v) is 44.1. The summed E-state index contributed by atoms with van der Waals surface area (Å²) in [6, 6.07) is 0. The molecule has 0 N–H and O–H groups in total. The van der Waals surface area contributed by atoms with Gasteiger partial charge in [-0.2, -0.15) is 0 Å². The standard InChI is InChI=1S/C62H102O6/c1-4-7-10-13-16-19-22-24-26-28-29-30-31-32-33-35-36-38-40-43-46-49-52-55-61(64)67-58-59(57-66-60(63)54-51-48-45-42-21-18-15-12-9-6-3)68-62(65)56-53-50-47-44-41-39-37-34-27-25-23-20-17-14-11-8-5-2/h7-8,10-11,16-17,19-20,24-27,29-30,32-33,37,39,59H,4-6,9,12-15,18,21-23,28,31,34-36,38,40-58H2,1-3H3/b10-7-,11-8-,19-16-,20-17-,26-24-,27-25-,30-29-,33-32-,39-37-. The number of carbonyl (C=O) groups excluding carboxylic acids is 3. The number of esters is 3. The van der Waals surface area contributed by atoms with Gasteiger partial charge in [-0.25, -0.2) is 0 Å². The van der Waals surface area contributed by atoms with E-state index in [0.29, 0.717) is 19.3 Å².